The smallest absolute Gasteiger partial charge is 0.343 e. The summed E-state index contributed by atoms with van der Waals surface area (Å²) in [4.78, 5) is 23.1. The molecule has 1 amide bonds. The lowest BCUT2D eigenvalue weighted by atomic mass is 10.1. The molecule has 0 radical (unpaired) electrons. The first-order valence-electron chi connectivity index (χ1n) is 6.97. The minimum Gasteiger partial charge on any atom is -0.477 e. The highest BCUT2D eigenvalue weighted by atomic mass is 16.5. The topological polar surface area (TPSA) is 104 Å². The highest BCUT2D eigenvalue weighted by Gasteiger charge is 2.26. The largest absolute Gasteiger partial charge is 0.477 e. The molecule has 22 heavy (non-hydrogen) atoms. The summed E-state index contributed by atoms with van der Waals surface area (Å²) in [6, 6.07) is 9.10. The number of carbonyl (C=O) groups excluding carboxylic acids is 1. The van der Waals surface area contributed by atoms with Crippen molar-refractivity contribution in [3.63, 3.8) is 0 Å². The maximum atomic E-state index is 11.6. The Bertz CT molecular complexity index is 692. The van der Waals surface area contributed by atoms with Crippen molar-refractivity contribution in [2.45, 2.75) is 18.9 Å². The Labute approximate surface area is 126 Å². The van der Waals surface area contributed by atoms with Crippen LogP contribution < -0.4 is 10.6 Å². The second-order valence-corrected chi connectivity index (χ2v) is 5.10. The molecule has 1 aliphatic rings. The standard InChI is InChI=1S/C15H15N3O4/c19-11(17-10-6-7-10)8-16-14-12(15(20)21)13(22-18-14)9-4-2-1-3-5-9/h1-5,10H,6-8H2,(H,16,18)(H,17,19)(H,20,21). The summed E-state index contributed by atoms with van der Waals surface area (Å²) < 4.78 is 5.14. The molecule has 0 saturated heterocycles. The van der Waals surface area contributed by atoms with E-state index in [1.165, 1.54) is 0 Å². The third kappa shape index (κ3) is 3.08. The Balaban J connectivity index is 1.78. The fourth-order valence-corrected chi connectivity index (χ4v) is 2.07. The number of nitrogens with zero attached hydrogens (tertiary/aromatic N) is 1. The average molecular weight is 301 g/mol. The molecular formula is C15H15N3O4. The van der Waals surface area contributed by atoms with Gasteiger partial charge in [0.2, 0.25) is 5.91 Å². The van der Waals surface area contributed by atoms with Gasteiger partial charge in [-0.1, -0.05) is 35.5 Å². The van der Waals surface area contributed by atoms with Crippen molar-refractivity contribution in [3.05, 3.63) is 35.9 Å². The number of nitrogens with one attached hydrogen (secondary N) is 2. The number of carboxylic acids is 1. The van der Waals surface area contributed by atoms with Gasteiger partial charge in [-0.2, -0.15) is 0 Å². The molecule has 7 nitrogen and oxygen atoms in total. The van der Waals surface area contributed by atoms with E-state index >= 15 is 0 Å². The summed E-state index contributed by atoms with van der Waals surface area (Å²) in [5, 5.41) is 18.6. The molecule has 1 aromatic carbocycles. The van der Waals surface area contributed by atoms with Crippen LogP contribution in [0.5, 0.6) is 0 Å². The minimum atomic E-state index is -1.16. The van der Waals surface area contributed by atoms with E-state index in [4.69, 9.17) is 4.52 Å². The second-order valence-electron chi connectivity index (χ2n) is 5.10. The number of hydrogen-bond acceptors (Lipinski definition) is 5. The molecule has 0 spiro atoms. The van der Waals surface area contributed by atoms with Crippen LogP contribution in [0.3, 0.4) is 0 Å². The van der Waals surface area contributed by atoms with Crippen LogP contribution in [0.1, 0.15) is 23.2 Å². The molecule has 0 unspecified atom stereocenters. The van der Waals surface area contributed by atoms with Crippen molar-refractivity contribution >= 4 is 17.7 Å². The minimum absolute atomic E-state index is 0.0441. The van der Waals surface area contributed by atoms with E-state index in [0.29, 0.717) is 5.56 Å². The second kappa shape index (κ2) is 5.88. The number of carbonyl (C=O) groups is 2. The van der Waals surface area contributed by atoms with Gasteiger partial charge in [-0.25, -0.2) is 4.79 Å². The van der Waals surface area contributed by atoms with Crippen LogP contribution in [0.25, 0.3) is 11.3 Å². The Kier molecular flexibility index (Phi) is 3.78. The number of benzene rings is 1. The molecule has 1 aromatic heterocycles. The van der Waals surface area contributed by atoms with E-state index in [1.807, 2.05) is 6.07 Å². The van der Waals surface area contributed by atoms with Gasteiger partial charge in [0.15, 0.2) is 17.1 Å². The summed E-state index contributed by atoms with van der Waals surface area (Å²) in [5.41, 5.74) is 0.535. The third-order valence-corrected chi connectivity index (χ3v) is 3.30. The van der Waals surface area contributed by atoms with Crippen molar-refractivity contribution < 1.29 is 19.2 Å². The number of hydrogen-bond donors (Lipinski definition) is 3. The highest BCUT2D eigenvalue weighted by Crippen LogP contribution is 2.29. The molecule has 1 heterocycles. The van der Waals surface area contributed by atoms with Gasteiger partial charge in [-0.15, -0.1) is 0 Å². The molecule has 1 saturated carbocycles. The number of amides is 1. The van der Waals surface area contributed by atoms with Gasteiger partial charge in [0.1, 0.15) is 0 Å². The van der Waals surface area contributed by atoms with E-state index in [9.17, 15) is 14.7 Å². The molecule has 0 atom stereocenters. The molecule has 1 fully saturated rings. The van der Waals surface area contributed by atoms with Crippen molar-refractivity contribution in [1.29, 1.82) is 0 Å². The summed E-state index contributed by atoms with van der Waals surface area (Å²) in [6.07, 6.45) is 1.99. The summed E-state index contributed by atoms with van der Waals surface area (Å²) in [7, 11) is 0. The van der Waals surface area contributed by atoms with Gasteiger partial charge in [0.25, 0.3) is 0 Å². The molecule has 7 heteroatoms. The quantitative estimate of drug-likeness (QED) is 0.750. The zero-order valence-electron chi connectivity index (χ0n) is 11.7. The lowest BCUT2D eigenvalue weighted by Crippen LogP contribution is -2.31. The van der Waals surface area contributed by atoms with Crippen molar-refractivity contribution in [1.82, 2.24) is 10.5 Å². The molecule has 3 rings (SSSR count). The summed E-state index contributed by atoms with van der Waals surface area (Å²) in [5.74, 6) is -1.14. The summed E-state index contributed by atoms with van der Waals surface area (Å²) in [6.45, 7) is -0.0441. The lowest BCUT2D eigenvalue weighted by Gasteiger charge is -2.04. The molecule has 3 N–H and O–H groups in total. The SMILES string of the molecule is O=C(CNc1noc(-c2ccccc2)c1C(=O)O)NC1CC1. The van der Waals surface area contributed by atoms with Crippen LogP contribution in [0.4, 0.5) is 5.82 Å². The number of rotatable bonds is 6. The Morgan fingerprint density at radius 3 is 2.64 bits per heavy atom. The van der Waals surface area contributed by atoms with E-state index < -0.39 is 5.97 Å². The summed E-state index contributed by atoms with van der Waals surface area (Å²) >= 11 is 0. The van der Waals surface area contributed by atoms with E-state index in [-0.39, 0.29) is 35.6 Å². The van der Waals surface area contributed by atoms with Crippen molar-refractivity contribution in [2.75, 3.05) is 11.9 Å². The van der Waals surface area contributed by atoms with Gasteiger partial charge < -0.3 is 20.3 Å². The number of anilines is 1. The van der Waals surface area contributed by atoms with Gasteiger partial charge in [-0.3, -0.25) is 4.79 Å². The molecule has 2 aromatic rings. The van der Waals surface area contributed by atoms with Gasteiger partial charge >= 0.3 is 5.97 Å². The monoisotopic (exact) mass is 301 g/mol. The van der Waals surface area contributed by atoms with Crippen LogP contribution in [-0.4, -0.2) is 34.7 Å². The van der Waals surface area contributed by atoms with Crippen LogP contribution in [0.2, 0.25) is 0 Å². The van der Waals surface area contributed by atoms with Gasteiger partial charge in [-0.05, 0) is 12.8 Å². The Morgan fingerprint density at radius 1 is 1.27 bits per heavy atom. The maximum Gasteiger partial charge on any atom is 0.343 e. The zero-order valence-corrected chi connectivity index (χ0v) is 11.7. The first-order chi connectivity index (χ1) is 10.6. The fourth-order valence-electron chi connectivity index (χ4n) is 2.07. The van der Waals surface area contributed by atoms with Crippen LogP contribution in [0.15, 0.2) is 34.9 Å². The molecule has 0 aliphatic heterocycles. The van der Waals surface area contributed by atoms with Crippen LogP contribution in [-0.2, 0) is 4.79 Å². The van der Waals surface area contributed by atoms with Gasteiger partial charge in [0.05, 0.1) is 6.54 Å². The number of aromatic nitrogens is 1. The predicted octanol–water partition coefficient (Wildman–Crippen LogP) is 1.73. The molecule has 1 aliphatic carbocycles. The zero-order chi connectivity index (χ0) is 15.5. The normalized spacial score (nSPS) is 13.6. The molecule has 0 bridgehead atoms. The number of aromatic carboxylic acids is 1. The molecule has 114 valence electrons. The average Bonchev–Trinajstić information content (AvgIpc) is 3.21. The van der Waals surface area contributed by atoms with Crippen molar-refractivity contribution in [3.8, 4) is 11.3 Å². The Morgan fingerprint density at radius 2 is 2.00 bits per heavy atom. The Hall–Kier alpha value is -2.83. The van der Waals surface area contributed by atoms with E-state index in [0.717, 1.165) is 12.8 Å². The van der Waals surface area contributed by atoms with Gasteiger partial charge in [0, 0.05) is 11.6 Å². The maximum absolute atomic E-state index is 11.6. The first kappa shape index (κ1) is 14.1. The lowest BCUT2D eigenvalue weighted by molar-refractivity contribution is -0.119. The third-order valence-electron chi connectivity index (χ3n) is 3.30. The molecular weight excluding hydrogens is 286 g/mol. The van der Waals surface area contributed by atoms with E-state index in [1.54, 1.807) is 24.3 Å². The first-order valence-corrected chi connectivity index (χ1v) is 6.97. The predicted molar refractivity (Wildman–Crippen MR) is 78.6 cm³/mol. The highest BCUT2D eigenvalue weighted by molar-refractivity contribution is 5.99. The van der Waals surface area contributed by atoms with Crippen LogP contribution >= 0.6 is 0 Å². The number of carboxylic acid groups (broad SMARTS) is 1. The van der Waals surface area contributed by atoms with E-state index in [2.05, 4.69) is 15.8 Å². The van der Waals surface area contributed by atoms with Crippen LogP contribution in [0, 0.1) is 0 Å². The fraction of sp³-hybridized carbons (Fsp3) is 0.267. The van der Waals surface area contributed by atoms with Crippen molar-refractivity contribution in [2.24, 2.45) is 0 Å².